The monoisotopic (exact) mass is 333 g/mol. The third kappa shape index (κ3) is 3.52. The van der Waals surface area contributed by atoms with Gasteiger partial charge in [0.2, 0.25) is 0 Å². The second-order valence-corrected chi connectivity index (χ2v) is 6.42. The number of carbonyl (C=O) groups is 1. The van der Waals surface area contributed by atoms with Crippen molar-refractivity contribution in [3.63, 3.8) is 0 Å². The molecule has 0 saturated heterocycles. The lowest BCUT2D eigenvalue weighted by Crippen LogP contribution is -2.26. The van der Waals surface area contributed by atoms with Crippen LogP contribution in [0.5, 0.6) is 0 Å². The molecule has 1 unspecified atom stereocenters. The zero-order valence-electron chi connectivity index (χ0n) is 12.0. The summed E-state index contributed by atoms with van der Waals surface area (Å²) in [6, 6.07) is 7.64. The molecule has 1 aliphatic carbocycles. The summed E-state index contributed by atoms with van der Waals surface area (Å²) in [6.45, 7) is 1.81. The lowest BCUT2D eigenvalue weighted by atomic mass is 9.92. The second-order valence-electron chi connectivity index (χ2n) is 4.76. The van der Waals surface area contributed by atoms with Crippen molar-refractivity contribution in [1.82, 2.24) is 4.83 Å². The molecule has 118 valence electrons. The van der Waals surface area contributed by atoms with Crippen molar-refractivity contribution in [3.8, 4) is 6.07 Å². The Morgan fingerprint density at radius 1 is 1.30 bits per heavy atom. The molecule has 1 atom stereocenters. The van der Waals surface area contributed by atoms with Crippen molar-refractivity contribution in [2.24, 2.45) is 11.0 Å². The topological polar surface area (TPSA) is 99.4 Å². The minimum absolute atomic E-state index is 0.0376. The van der Waals surface area contributed by atoms with Crippen LogP contribution in [0.1, 0.15) is 5.56 Å². The van der Waals surface area contributed by atoms with Gasteiger partial charge in [-0.15, -0.1) is 0 Å². The van der Waals surface area contributed by atoms with Gasteiger partial charge in [-0.25, -0.2) is 4.39 Å². The van der Waals surface area contributed by atoms with E-state index in [0.29, 0.717) is 6.29 Å². The first-order valence-corrected chi connectivity index (χ1v) is 7.96. The number of sulfonamides is 1. The van der Waals surface area contributed by atoms with Crippen LogP contribution in [0.2, 0.25) is 0 Å². The van der Waals surface area contributed by atoms with Crippen LogP contribution in [-0.2, 0) is 14.8 Å². The molecule has 1 aromatic carbocycles. The van der Waals surface area contributed by atoms with E-state index in [-0.39, 0.29) is 16.2 Å². The number of benzene rings is 1. The number of nitriles is 1. The van der Waals surface area contributed by atoms with E-state index in [1.807, 2.05) is 4.83 Å². The number of nitrogens with one attached hydrogen (secondary N) is 1. The summed E-state index contributed by atoms with van der Waals surface area (Å²) in [6.07, 6.45) is 2.49. The van der Waals surface area contributed by atoms with Crippen LogP contribution >= 0.6 is 0 Å². The quantitative estimate of drug-likeness (QED) is 0.670. The lowest BCUT2D eigenvalue weighted by molar-refractivity contribution is -0.104. The first-order valence-electron chi connectivity index (χ1n) is 6.47. The van der Waals surface area contributed by atoms with E-state index in [4.69, 9.17) is 5.26 Å². The number of aldehydes is 1. The van der Waals surface area contributed by atoms with Crippen LogP contribution in [0.15, 0.2) is 57.8 Å². The highest BCUT2D eigenvalue weighted by molar-refractivity contribution is 7.89. The Morgan fingerprint density at radius 3 is 2.52 bits per heavy atom. The molecule has 0 saturated carbocycles. The van der Waals surface area contributed by atoms with Gasteiger partial charge in [0.1, 0.15) is 11.7 Å². The average Bonchev–Trinajstić information content (AvgIpc) is 2.53. The Morgan fingerprint density at radius 2 is 1.96 bits per heavy atom. The van der Waals surface area contributed by atoms with Gasteiger partial charge in [0.25, 0.3) is 10.0 Å². The number of aryl methyl sites for hydroxylation is 1. The largest absolute Gasteiger partial charge is 0.298 e. The maximum atomic E-state index is 13.6. The molecule has 0 aromatic heterocycles. The summed E-state index contributed by atoms with van der Waals surface area (Å²) >= 11 is 0. The Kier molecular flexibility index (Phi) is 4.71. The normalized spacial score (nSPS) is 19.5. The molecule has 1 N–H and O–H groups in total. The third-order valence-corrected chi connectivity index (χ3v) is 4.37. The highest BCUT2D eigenvalue weighted by Gasteiger charge is 2.27. The highest BCUT2D eigenvalue weighted by Crippen LogP contribution is 2.23. The molecule has 0 fully saturated rings. The Bertz CT molecular complexity index is 862. The molecule has 6 nitrogen and oxygen atoms in total. The van der Waals surface area contributed by atoms with Crippen molar-refractivity contribution < 1.29 is 17.6 Å². The maximum Gasteiger partial charge on any atom is 0.276 e. The first kappa shape index (κ1) is 16.6. The summed E-state index contributed by atoms with van der Waals surface area (Å²) in [7, 11) is -3.99. The minimum Gasteiger partial charge on any atom is -0.298 e. The third-order valence-electron chi connectivity index (χ3n) is 3.14. The minimum atomic E-state index is -3.99. The van der Waals surface area contributed by atoms with E-state index in [2.05, 4.69) is 5.10 Å². The van der Waals surface area contributed by atoms with E-state index >= 15 is 0 Å². The summed E-state index contributed by atoms with van der Waals surface area (Å²) in [5, 5.41) is 12.6. The van der Waals surface area contributed by atoms with Crippen molar-refractivity contribution >= 4 is 22.0 Å². The molecular weight excluding hydrogens is 321 g/mol. The predicted molar refractivity (Wildman–Crippen MR) is 81.4 cm³/mol. The zero-order chi connectivity index (χ0) is 17.0. The Hall–Kier alpha value is -2.79. The smallest absolute Gasteiger partial charge is 0.276 e. The molecular formula is C15H12FN3O3S. The van der Waals surface area contributed by atoms with Gasteiger partial charge in [-0.2, -0.15) is 23.6 Å². The molecule has 0 bridgehead atoms. The van der Waals surface area contributed by atoms with Crippen LogP contribution in [0.25, 0.3) is 0 Å². The van der Waals surface area contributed by atoms with Gasteiger partial charge in [-0.1, -0.05) is 17.7 Å². The van der Waals surface area contributed by atoms with Gasteiger partial charge in [0.05, 0.1) is 16.7 Å². The summed E-state index contributed by atoms with van der Waals surface area (Å²) in [5.74, 6) is -2.24. The summed E-state index contributed by atoms with van der Waals surface area (Å²) in [5.41, 5.74) is 0.535. The van der Waals surface area contributed by atoms with Crippen molar-refractivity contribution in [3.05, 3.63) is 53.4 Å². The number of rotatable bonds is 4. The van der Waals surface area contributed by atoms with Crippen molar-refractivity contribution in [2.75, 3.05) is 0 Å². The fraction of sp³-hybridized carbons (Fsp3) is 0.133. The van der Waals surface area contributed by atoms with Crippen LogP contribution in [0, 0.1) is 24.2 Å². The molecule has 1 aliphatic rings. The van der Waals surface area contributed by atoms with E-state index in [9.17, 15) is 17.6 Å². The molecule has 8 heteroatoms. The average molecular weight is 333 g/mol. The number of hydrazone groups is 1. The SMILES string of the molecule is Cc1ccc(S(=O)(=O)NN=C2C(C=O)=CC=C(F)C2C#N)cc1. The van der Waals surface area contributed by atoms with Crippen LogP contribution in [-0.4, -0.2) is 20.4 Å². The van der Waals surface area contributed by atoms with Crippen molar-refractivity contribution in [2.45, 2.75) is 11.8 Å². The van der Waals surface area contributed by atoms with Gasteiger partial charge in [0, 0.05) is 5.57 Å². The van der Waals surface area contributed by atoms with E-state index in [1.54, 1.807) is 25.1 Å². The van der Waals surface area contributed by atoms with Gasteiger partial charge in [0.15, 0.2) is 6.29 Å². The molecule has 0 radical (unpaired) electrons. The molecule has 1 aromatic rings. The number of nitrogens with zero attached hydrogens (tertiary/aromatic N) is 2. The number of hydrogen-bond donors (Lipinski definition) is 1. The Balaban J connectivity index is 2.35. The van der Waals surface area contributed by atoms with E-state index in [0.717, 1.165) is 17.7 Å². The molecule has 0 spiro atoms. The van der Waals surface area contributed by atoms with Gasteiger partial charge >= 0.3 is 0 Å². The maximum absolute atomic E-state index is 13.6. The molecule has 23 heavy (non-hydrogen) atoms. The number of hydrogen-bond acceptors (Lipinski definition) is 5. The fourth-order valence-electron chi connectivity index (χ4n) is 1.88. The van der Waals surface area contributed by atoms with Crippen LogP contribution in [0.3, 0.4) is 0 Å². The van der Waals surface area contributed by atoms with Crippen LogP contribution in [0.4, 0.5) is 4.39 Å². The number of halogens is 1. The standard InChI is InChI=1S/C15H12FN3O3S/c1-10-2-5-12(6-3-10)23(21,22)19-18-15-11(9-20)4-7-14(16)13(15)8-17/h2-7,9,13,19H,1H3. The van der Waals surface area contributed by atoms with Crippen molar-refractivity contribution in [1.29, 1.82) is 5.26 Å². The highest BCUT2D eigenvalue weighted by atomic mass is 32.2. The fourth-order valence-corrected chi connectivity index (χ4v) is 2.70. The van der Waals surface area contributed by atoms with E-state index in [1.165, 1.54) is 12.1 Å². The molecule has 0 amide bonds. The van der Waals surface area contributed by atoms with Crippen LogP contribution < -0.4 is 4.83 Å². The van der Waals surface area contributed by atoms with Gasteiger partial charge in [-0.3, -0.25) is 4.79 Å². The number of allylic oxidation sites excluding steroid dienone is 4. The lowest BCUT2D eigenvalue weighted by Gasteiger charge is -2.14. The zero-order valence-corrected chi connectivity index (χ0v) is 12.8. The molecule has 0 aliphatic heterocycles. The summed E-state index contributed by atoms with van der Waals surface area (Å²) < 4.78 is 37.9. The van der Waals surface area contributed by atoms with E-state index < -0.39 is 21.8 Å². The van der Waals surface area contributed by atoms with Gasteiger partial charge in [-0.05, 0) is 31.2 Å². The Labute approximate surface area is 132 Å². The molecule has 0 heterocycles. The summed E-state index contributed by atoms with van der Waals surface area (Å²) in [4.78, 5) is 12.9. The molecule has 2 rings (SSSR count). The number of carbonyl (C=O) groups excluding carboxylic acids is 1. The van der Waals surface area contributed by atoms with Gasteiger partial charge < -0.3 is 0 Å². The first-order chi connectivity index (χ1) is 10.9. The predicted octanol–water partition coefficient (Wildman–Crippen LogP) is 1.76. The second kappa shape index (κ2) is 6.54.